The summed E-state index contributed by atoms with van der Waals surface area (Å²) in [5, 5.41) is -1.46. The van der Waals surface area contributed by atoms with E-state index in [1.807, 2.05) is 0 Å². The minimum atomic E-state index is -5.34. The van der Waals surface area contributed by atoms with Gasteiger partial charge < -0.3 is 0 Å². The summed E-state index contributed by atoms with van der Waals surface area (Å²) in [6.45, 7) is 3.91. The summed E-state index contributed by atoms with van der Waals surface area (Å²) < 4.78 is 64.8. The first-order valence-corrected chi connectivity index (χ1v) is 3.38. The lowest BCUT2D eigenvalue weighted by Gasteiger charge is -2.20. The molecule has 1 aliphatic heterocycles. The molecule has 0 N–H and O–H groups in total. The van der Waals surface area contributed by atoms with Gasteiger partial charge >= 0.3 is 12.5 Å². The van der Waals surface area contributed by atoms with E-state index >= 15 is 0 Å². The topological polar surface area (TPSA) is 21.7 Å². The Bertz CT molecular complexity index is 253. The van der Waals surface area contributed by atoms with Gasteiger partial charge in [-0.05, 0) is 13.0 Å². The number of ether oxygens (including phenoxy) is 1. The van der Waals surface area contributed by atoms with E-state index in [1.54, 1.807) is 0 Å². The molecule has 1 unspecified atom stereocenters. The molecule has 0 bridgehead atoms. The van der Waals surface area contributed by atoms with E-state index < -0.39 is 23.4 Å². The molecule has 14 heavy (non-hydrogen) atoms. The monoisotopic (exact) mass is 219 g/mol. The molecule has 1 atom stereocenters. The van der Waals surface area contributed by atoms with Crippen LogP contribution in [0.3, 0.4) is 0 Å². The third-order valence-corrected chi connectivity index (χ3v) is 1.44. The molecule has 0 amide bonds. The number of nitrogens with zero attached hydrogens (tertiary/aromatic N) is 1. The van der Waals surface area contributed by atoms with Crippen molar-refractivity contribution in [1.29, 1.82) is 0 Å². The third-order valence-electron chi connectivity index (χ3n) is 1.44. The molecule has 0 aliphatic carbocycles. The molecule has 0 aromatic heterocycles. The maximum Gasteiger partial charge on any atom is 0.490 e. The third kappa shape index (κ3) is 1.86. The van der Waals surface area contributed by atoms with E-state index in [2.05, 4.69) is 16.2 Å². The van der Waals surface area contributed by atoms with Crippen molar-refractivity contribution in [2.45, 2.75) is 25.2 Å². The zero-order chi connectivity index (χ0) is 11.2. The molecule has 82 valence electrons. The minimum absolute atomic E-state index is 0.701. The second-order valence-electron chi connectivity index (χ2n) is 2.66. The molecule has 3 nitrogen and oxygen atoms in total. The fraction of sp³-hybridized carbons (Fsp3) is 0.667. The van der Waals surface area contributed by atoms with Gasteiger partial charge in [-0.15, -0.1) is 0 Å². The molecule has 0 saturated carbocycles. The van der Waals surface area contributed by atoms with Crippen molar-refractivity contribution in [2.24, 2.45) is 0 Å². The van der Waals surface area contributed by atoms with E-state index in [1.165, 1.54) is 0 Å². The van der Waals surface area contributed by atoms with Gasteiger partial charge in [-0.3, -0.25) is 4.74 Å². The highest BCUT2D eigenvalue weighted by Gasteiger charge is 2.65. The predicted octanol–water partition coefficient (Wildman–Crippen LogP) is 2.22. The number of alkyl halides is 5. The van der Waals surface area contributed by atoms with Crippen LogP contribution in [0.2, 0.25) is 0 Å². The average Bonchev–Trinajstić information content (AvgIpc) is 2.21. The number of hydrogen-bond donors (Lipinski definition) is 0. The number of halogens is 5. The van der Waals surface area contributed by atoms with E-state index in [0.29, 0.717) is 6.08 Å². The summed E-state index contributed by atoms with van der Waals surface area (Å²) in [5.41, 5.74) is 0. The molecule has 0 spiro atoms. The first-order chi connectivity index (χ1) is 6.11. The number of hydroxylamine groups is 2. The lowest BCUT2D eigenvalue weighted by molar-refractivity contribution is -0.443. The SMILES string of the molecule is C=CC1(C)ON(C(F)(F)F)C(F)(F)O1. The van der Waals surface area contributed by atoms with Crippen molar-refractivity contribution in [1.82, 2.24) is 5.06 Å². The summed E-state index contributed by atoms with van der Waals surface area (Å²) in [5.74, 6) is -2.18. The molecule has 0 aromatic rings. The second kappa shape index (κ2) is 2.88. The summed E-state index contributed by atoms with van der Waals surface area (Å²) in [7, 11) is 0. The Hall–Kier alpha value is -0.730. The van der Waals surface area contributed by atoms with Crippen LogP contribution < -0.4 is 0 Å². The maximum atomic E-state index is 12.6. The normalized spacial score (nSPS) is 33.3. The molecule has 1 heterocycles. The highest BCUT2D eigenvalue weighted by molar-refractivity contribution is 4.89. The molecule has 8 heteroatoms. The van der Waals surface area contributed by atoms with Crippen molar-refractivity contribution in [3.05, 3.63) is 12.7 Å². The molecular weight excluding hydrogens is 213 g/mol. The standard InChI is InChI=1S/C6H6F5NO2/c1-3-4(2)13-6(10,11)12(14-4)5(7,8)9/h3H,1H2,2H3. The van der Waals surface area contributed by atoms with Crippen LogP contribution in [0.1, 0.15) is 6.92 Å². The van der Waals surface area contributed by atoms with Crippen molar-refractivity contribution in [2.75, 3.05) is 0 Å². The molecule has 0 radical (unpaired) electrons. The molecule has 0 aromatic carbocycles. The Balaban J connectivity index is 2.96. The zero-order valence-corrected chi connectivity index (χ0v) is 6.94. The molecular formula is C6H6F5NO2. The van der Waals surface area contributed by atoms with Gasteiger partial charge in [0.05, 0.1) is 0 Å². The first kappa shape index (κ1) is 11.3. The Labute approximate surface area is 75.6 Å². The van der Waals surface area contributed by atoms with Crippen molar-refractivity contribution in [3.63, 3.8) is 0 Å². The van der Waals surface area contributed by atoms with Gasteiger partial charge in [0.2, 0.25) is 5.79 Å². The van der Waals surface area contributed by atoms with Gasteiger partial charge in [-0.2, -0.15) is 22.0 Å². The fourth-order valence-corrected chi connectivity index (χ4v) is 0.817. The van der Waals surface area contributed by atoms with Crippen molar-refractivity contribution >= 4 is 0 Å². The summed E-state index contributed by atoms with van der Waals surface area (Å²) in [6, 6.07) is 0. The van der Waals surface area contributed by atoms with Crippen LogP contribution in [-0.2, 0) is 9.57 Å². The van der Waals surface area contributed by atoms with E-state index in [9.17, 15) is 22.0 Å². The summed E-state index contributed by atoms with van der Waals surface area (Å²) >= 11 is 0. The lowest BCUT2D eigenvalue weighted by atomic mass is 10.3. The first-order valence-electron chi connectivity index (χ1n) is 3.38. The maximum absolute atomic E-state index is 12.6. The number of hydrogen-bond acceptors (Lipinski definition) is 3. The highest BCUT2D eigenvalue weighted by atomic mass is 19.4. The van der Waals surface area contributed by atoms with Gasteiger partial charge in [0.25, 0.3) is 0 Å². The quantitative estimate of drug-likeness (QED) is 0.383. The van der Waals surface area contributed by atoms with Crippen LogP contribution >= 0.6 is 0 Å². The Morgan fingerprint density at radius 1 is 1.36 bits per heavy atom. The largest absolute Gasteiger partial charge is 0.490 e. The van der Waals surface area contributed by atoms with E-state index in [0.717, 1.165) is 6.92 Å². The Morgan fingerprint density at radius 2 is 1.86 bits per heavy atom. The average molecular weight is 219 g/mol. The second-order valence-corrected chi connectivity index (χ2v) is 2.66. The van der Waals surface area contributed by atoms with Crippen molar-refractivity contribution in [3.8, 4) is 0 Å². The minimum Gasteiger partial charge on any atom is -0.267 e. The predicted molar refractivity (Wildman–Crippen MR) is 33.6 cm³/mol. The smallest absolute Gasteiger partial charge is 0.267 e. The summed E-state index contributed by atoms with van der Waals surface area (Å²) in [4.78, 5) is 3.90. The molecule has 1 aliphatic rings. The highest BCUT2D eigenvalue weighted by Crippen LogP contribution is 2.44. The Kier molecular flexibility index (Phi) is 2.33. The van der Waals surface area contributed by atoms with E-state index in [4.69, 9.17) is 0 Å². The molecule has 1 fully saturated rings. The Morgan fingerprint density at radius 3 is 2.07 bits per heavy atom. The van der Waals surface area contributed by atoms with Crippen LogP contribution in [0.25, 0.3) is 0 Å². The van der Waals surface area contributed by atoms with Gasteiger partial charge in [-0.25, -0.2) is 4.84 Å². The van der Waals surface area contributed by atoms with Crippen LogP contribution in [-0.4, -0.2) is 23.4 Å². The zero-order valence-electron chi connectivity index (χ0n) is 6.94. The van der Waals surface area contributed by atoms with Crippen LogP contribution in [0.15, 0.2) is 12.7 Å². The van der Waals surface area contributed by atoms with Crippen LogP contribution in [0.4, 0.5) is 22.0 Å². The van der Waals surface area contributed by atoms with Crippen molar-refractivity contribution < 1.29 is 31.5 Å². The van der Waals surface area contributed by atoms with Gasteiger partial charge in [0, 0.05) is 5.06 Å². The van der Waals surface area contributed by atoms with Gasteiger partial charge in [0.15, 0.2) is 0 Å². The number of rotatable bonds is 1. The van der Waals surface area contributed by atoms with Gasteiger partial charge in [0.1, 0.15) is 0 Å². The van der Waals surface area contributed by atoms with Crippen LogP contribution in [0, 0.1) is 0 Å². The molecule has 1 saturated heterocycles. The summed E-state index contributed by atoms with van der Waals surface area (Å²) in [6.07, 6.45) is -9.20. The van der Waals surface area contributed by atoms with Crippen LogP contribution in [0.5, 0.6) is 0 Å². The fourth-order valence-electron chi connectivity index (χ4n) is 0.817. The van der Waals surface area contributed by atoms with Gasteiger partial charge in [-0.1, -0.05) is 6.58 Å². The lowest BCUT2D eigenvalue weighted by Crippen LogP contribution is -2.45. The molecule has 1 rings (SSSR count). The van der Waals surface area contributed by atoms with E-state index in [-0.39, 0.29) is 0 Å².